The third-order valence-corrected chi connectivity index (χ3v) is 6.90. The number of likely N-dealkylation sites (N-methyl/N-ethyl adjacent to an activating group) is 1. The third kappa shape index (κ3) is 5.83. The van der Waals surface area contributed by atoms with Gasteiger partial charge in [-0.2, -0.15) is 0 Å². The molecular weight excluding hydrogens is 472 g/mol. The molecule has 0 unspecified atom stereocenters. The zero-order chi connectivity index (χ0) is 24.9. The monoisotopic (exact) mass is 502 g/mol. The predicted octanol–water partition coefficient (Wildman–Crippen LogP) is 2.39. The number of nitrogens with zero attached hydrogens (tertiary/aromatic N) is 5. The fraction of sp³-hybridized carbons (Fsp3) is 0.500. The summed E-state index contributed by atoms with van der Waals surface area (Å²) >= 11 is 5.94. The first-order valence-electron chi connectivity index (χ1n) is 11.7. The number of hydrogen-bond acceptors (Lipinski definition) is 9. The van der Waals surface area contributed by atoms with Gasteiger partial charge in [0.25, 0.3) is 5.91 Å². The van der Waals surface area contributed by atoms with E-state index in [-0.39, 0.29) is 16.5 Å². The molecule has 3 heterocycles. The molecule has 0 spiro atoms. The second-order valence-corrected chi connectivity index (χ2v) is 9.19. The molecular formula is C24H31ClN6O4. The molecule has 2 fully saturated rings. The molecule has 2 aromatic rings. The lowest BCUT2D eigenvalue weighted by molar-refractivity contribution is 0.0594. The van der Waals surface area contributed by atoms with Gasteiger partial charge in [0, 0.05) is 57.1 Å². The van der Waals surface area contributed by atoms with E-state index in [2.05, 4.69) is 41.8 Å². The van der Waals surface area contributed by atoms with Gasteiger partial charge < -0.3 is 24.6 Å². The number of carbonyl (C=O) groups excluding carboxylic acids is 2. The Morgan fingerprint density at radius 2 is 1.80 bits per heavy atom. The van der Waals surface area contributed by atoms with Crippen molar-refractivity contribution in [2.75, 3.05) is 70.8 Å². The number of anilines is 2. The molecule has 4 rings (SSSR count). The SMILES string of the molecule is COC(=O)c1nc(C(=O)Nc2ccc(N3CCC(N4CCN(C)CC4)CC3)c(OC)c2)ncc1Cl. The molecule has 1 aromatic carbocycles. The number of rotatable bonds is 6. The highest BCUT2D eigenvalue weighted by molar-refractivity contribution is 6.33. The van der Waals surface area contributed by atoms with E-state index in [9.17, 15) is 9.59 Å². The molecule has 1 N–H and O–H groups in total. The minimum Gasteiger partial charge on any atom is -0.495 e. The maximum Gasteiger partial charge on any atom is 0.358 e. The number of nitrogens with one attached hydrogen (secondary N) is 1. The minimum absolute atomic E-state index is 0.0100. The van der Waals surface area contributed by atoms with Gasteiger partial charge in [-0.3, -0.25) is 9.69 Å². The number of piperazine rings is 1. The van der Waals surface area contributed by atoms with Gasteiger partial charge in [0.1, 0.15) is 5.75 Å². The van der Waals surface area contributed by atoms with E-state index in [1.54, 1.807) is 13.2 Å². The van der Waals surface area contributed by atoms with Crippen molar-refractivity contribution in [3.63, 3.8) is 0 Å². The van der Waals surface area contributed by atoms with Crippen LogP contribution in [0.4, 0.5) is 11.4 Å². The summed E-state index contributed by atoms with van der Waals surface area (Å²) in [7, 11) is 5.01. The Morgan fingerprint density at radius 3 is 2.46 bits per heavy atom. The van der Waals surface area contributed by atoms with Gasteiger partial charge in [-0.1, -0.05) is 11.6 Å². The van der Waals surface area contributed by atoms with Crippen molar-refractivity contribution in [1.82, 2.24) is 19.8 Å². The number of amides is 1. The summed E-state index contributed by atoms with van der Waals surface area (Å²) in [4.78, 5) is 39.7. The standard InChI is InChI=1S/C24H31ClN6O4/c1-29-10-12-30(13-11-29)17-6-8-31(9-7-17)19-5-4-16(14-20(19)34-2)27-23(32)22-26-15-18(25)21(28-22)24(33)35-3/h4-5,14-15,17H,6-13H2,1-3H3,(H,27,32). The topological polar surface area (TPSA) is 100 Å². The first kappa shape index (κ1) is 25.2. The van der Waals surface area contributed by atoms with Crippen LogP contribution in [-0.4, -0.2) is 98.2 Å². The van der Waals surface area contributed by atoms with Crippen LogP contribution in [0.2, 0.25) is 5.02 Å². The van der Waals surface area contributed by atoms with Crippen LogP contribution in [0.3, 0.4) is 0 Å². The lowest BCUT2D eigenvalue weighted by atomic mass is 10.0. The van der Waals surface area contributed by atoms with Crippen molar-refractivity contribution in [1.29, 1.82) is 0 Å². The molecule has 0 radical (unpaired) electrons. The number of methoxy groups -OCH3 is 2. The molecule has 0 atom stereocenters. The molecule has 2 saturated heterocycles. The van der Waals surface area contributed by atoms with Gasteiger partial charge >= 0.3 is 5.97 Å². The molecule has 2 aliphatic rings. The maximum atomic E-state index is 12.7. The minimum atomic E-state index is -0.742. The van der Waals surface area contributed by atoms with Crippen molar-refractivity contribution in [3.05, 3.63) is 40.9 Å². The lowest BCUT2D eigenvalue weighted by Crippen LogP contribution is -2.52. The Balaban J connectivity index is 1.41. The van der Waals surface area contributed by atoms with E-state index in [1.807, 2.05) is 12.1 Å². The number of esters is 1. The Morgan fingerprint density at radius 1 is 1.09 bits per heavy atom. The van der Waals surface area contributed by atoms with Crippen LogP contribution in [0.25, 0.3) is 0 Å². The van der Waals surface area contributed by atoms with E-state index in [1.165, 1.54) is 13.3 Å². The van der Waals surface area contributed by atoms with Crippen LogP contribution in [-0.2, 0) is 4.74 Å². The molecule has 0 saturated carbocycles. The van der Waals surface area contributed by atoms with E-state index in [4.69, 9.17) is 16.3 Å². The van der Waals surface area contributed by atoms with E-state index in [0.717, 1.165) is 57.8 Å². The smallest absolute Gasteiger partial charge is 0.358 e. The van der Waals surface area contributed by atoms with Crippen molar-refractivity contribution >= 4 is 34.9 Å². The molecule has 11 heteroatoms. The van der Waals surface area contributed by atoms with Gasteiger partial charge in [0.15, 0.2) is 5.69 Å². The number of ether oxygens (including phenoxy) is 2. The number of piperidine rings is 1. The van der Waals surface area contributed by atoms with Gasteiger partial charge in [-0.15, -0.1) is 0 Å². The number of benzene rings is 1. The van der Waals surface area contributed by atoms with Crippen molar-refractivity contribution in [2.24, 2.45) is 0 Å². The average Bonchev–Trinajstić information content (AvgIpc) is 2.89. The van der Waals surface area contributed by atoms with Crippen molar-refractivity contribution in [3.8, 4) is 5.75 Å². The highest BCUT2D eigenvalue weighted by Gasteiger charge is 2.28. The first-order valence-corrected chi connectivity index (χ1v) is 12.0. The molecule has 1 aromatic heterocycles. The average molecular weight is 503 g/mol. The molecule has 0 bridgehead atoms. The van der Waals surface area contributed by atoms with Crippen molar-refractivity contribution in [2.45, 2.75) is 18.9 Å². The Bertz CT molecular complexity index is 1070. The Labute approximate surface area is 210 Å². The molecule has 2 aliphatic heterocycles. The maximum absolute atomic E-state index is 12.7. The number of carbonyl (C=O) groups is 2. The quantitative estimate of drug-likeness (QED) is 0.597. The zero-order valence-corrected chi connectivity index (χ0v) is 21.0. The molecule has 188 valence electrons. The predicted molar refractivity (Wildman–Crippen MR) is 134 cm³/mol. The highest BCUT2D eigenvalue weighted by atomic mass is 35.5. The summed E-state index contributed by atoms with van der Waals surface area (Å²) in [5.74, 6) is -0.833. The normalized spacial score (nSPS) is 17.8. The summed E-state index contributed by atoms with van der Waals surface area (Å²) in [5, 5.41) is 2.76. The Hall–Kier alpha value is -2.95. The van der Waals surface area contributed by atoms with Gasteiger partial charge in [0.05, 0.1) is 31.1 Å². The zero-order valence-electron chi connectivity index (χ0n) is 20.3. The summed E-state index contributed by atoms with van der Waals surface area (Å²) < 4.78 is 10.3. The van der Waals surface area contributed by atoms with E-state index >= 15 is 0 Å². The summed E-state index contributed by atoms with van der Waals surface area (Å²) in [6, 6.07) is 6.17. The second kappa shape index (κ2) is 11.2. The number of aromatic nitrogens is 2. The molecule has 10 nitrogen and oxygen atoms in total. The second-order valence-electron chi connectivity index (χ2n) is 8.78. The summed E-state index contributed by atoms with van der Waals surface area (Å²) in [6.45, 7) is 6.44. The number of hydrogen-bond donors (Lipinski definition) is 1. The van der Waals surface area contributed by atoms with Crippen LogP contribution in [0.1, 0.15) is 33.9 Å². The van der Waals surface area contributed by atoms with Crippen molar-refractivity contribution < 1.29 is 19.1 Å². The number of halogens is 1. The van der Waals surface area contributed by atoms with E-state index < -0.39 is 11.9 Å². The van der Waals surface area contributed by atoms with Gasteiger partial charge in [0.2, 0.25) is 5.82 Å². The van der Waals surface area contributed by atoms with Crippen LogP contribution in [0, 0.1) is 0 Å². The highest BCUT2D eigenvalue weighted by Crippen LogP contribution is 2.34. The van der Waals surface area contributed by atoms with Crippen LogP contribution in [0.5, 0.6) is 5.75 Å². The van der Waals surface area contributed by atoms with Crippen LogP contribution in [0.15, 0.2) is 24.4 Å². The Kier molecular flexibility index (Phi) is 8.04. The van der Waals surface area contributed by atoms with Crippen LogP contribution >= 0.6 is 11.6 Å². The van der Waals surface area contributed by atoms with Gasteiger partial charge in [-0.25, -0.2) is 14.8 Å². The molecule has 0 aliphatic carbocycles. The third-order valence-electron chi connectivity index (χ3n) is 6.62. The van der Waals surface area contributed by atoms with Gasteiger partial charge in [-0.05, 0) is 32.0 Å². The van der Waals surface area contributed by atoms with Crippen LogP contribution < -0.4 is 15.0 Å². The van der Waals surface area contributed by atoms with E-state index in [0.29, 0.717) is 17.5 Å². The molecule has 35 heavy (non-hydrogen) atoms. The molecule has 1 amide bonds. The summed E-state index contributed by atoms with van der Waals surface area (Å²) in [5.41, 5.74) is 1.36. The first-order chi connectivity index (χ1) is 16.9. The fourth-order valence-corrected chi connectivity index (χ4v) is 4.75. The summed E-state index contributed by atoms with van der Waals surface area (Å²) in [6.07, 6.45) is 3.43. The largest absolute Gasteiger partial charge is 0.495 e. The lowest BCUT2D eigenvalue weighted by Gasteiger charge is -2.42. The fourth-order valence-electron chi connectivity index (χ4n) is 4.58.